The number of benzene rings is 2. The van der Waals surface area contributed by atoms with Crippen molar-refractivity contribution in [3.8, 4) is 0 Å². The van der Waals surface area contributed by atoms with Gasteiger partial charge in [-0.2, -0.15) is 0 Å². The molecule has 0 aliphatic heterocycles. The van der Waals surface area contributed by atoms with Crippen LogP contribution < -0.4 is 9.62 Å². The van der Waals surface area contributed by atoms with Crippen molar-refractivity contribution in [1.29, 1.82) is 0 Å². The number of nitrogens with one attached hydrogen (secondary N) is 1. The van der Waals surface area contributed by atoms with Crippen molar-refractivity contribution in [3.63, 3.8) is 0 Å². The van der Waals surface area contributed by atoms with Crippen molar-refractivity contribution >= 4 is 72.2 Å². The summed E-state index contributed by atoms with van der Waals surface area (Å²) in [7, 11) is -2.81. The molecule has 1 amide bonds. The van der Waals surface area contributed by atoms with Gasteiger partial charge < -0.3 is 10.4 Å². The highest BCUT2D eigenvalue weighted by Crippen LogP contribution is 2.33. The van der Waals surface area contributed by atoms with Crippen LogP contribution >= 0.6 is 34.5 Å². The second kappa shape index (κ2) is 8.19. The lowest BCUT2D eigenvalue weighted by molar-refractivity contribution is -0.135. The number of sulfonamides is 1. The van der Waals surface area contributed by atoms with E-state index in [1.54, 1.807) is 11.4 Å². The quantitative estimate of drug-likeness (QED) is 0.566. The summed E-state index contributed by atoms with van der Waals surface area (Å²) < 4.78 is 27.9. The van der Waals surface area contributed by atoms with Crippen molar-refractivity contribution in [2.24, 2.45) is 0 Å². The molecule has 0 aliphatic carbocycles. The number of aliphatic carboxylic acids is 1. The van der Waals surface area contributed by atoms with Gasteiger partial charge in [0.15, 0.2) is 0 Å². The van der Waals surface area contributed by atoms with E-state index in [1.165, 1.54) is 48.7 Å². The van der Waals surface area contributed by atoms with Crippen molar-refractivity contribution < 1.29 is 23.1 Å². The van der Waals surface area contributed by atoms with Crippen LogP contribution in [0.2, 0.25) is 10.0 Å². The molecule has 0 saturated carbocycles. The summed E-state index contributed by atoms with van der Waals surface area (Å²) in [6.07, 6.45) is 0. The van der Waals surface area contributed by atoms with Crippen molar-refractivity contribution in [3.05, 3.63) is 57.4 Å². The number of halogens is 2. The van der Waals surface area contributed by atoms with E-state index < -0.39 is 22.5 Å². The van der Waals surface area contributed by atoms with Crippen LogP contribution in [0.1, 0.15) is 10.4 Å². The molecule has 3 rings (SSSR count). The monoisotopic (exact) mass is 472 g/mol. The number of hydrogen-bond acceptors (Lipinski definition) is 5. The minimum absolute atomic E-state index is 0.0968. The first-order valence-electron chi connectivity index (χ1n) is 8.07. The minimum atomic E-state index is -4.30. The highest BCUT2D eigenvalue weighted by atomic mass is 35.5. The SMILES string of the molecule is CNC(=O)c1csc2ccc(N(CC(=O)O)S(=O)(=O)c3cc(Cl)cc(Cl)c3)cc12. The van der Waals surface area contributed by atoms with Crippen LogP contribution in [0.15, 0.2) is 46.7 Å². The first kappa shape index (κ1) is 21.4. The molecule has 0 radical (unpaired) electrons. The molecular formula is C18H14Cl2N2O5S2. The Kier molecular flexibility index (Phi) is 6.04. The van der Waals surface area contributed by atoms with Crippen LogP contribution in [-0.2, 0) is 14.8 Å². The standard InChI is InChI=1S/C18H14Cl2N2O5S2/c1-21-18(25)15-9-28-16-3-2-12(7-14(15)16)22(8-17(23)24)29(26,27)13-5-10(19)4-11(20)6-13/h2-7,9H,8H2,1H3,(H,21,25)(H,23,24). The summed E-state index contributed by atoms with van der Waals surface area (Å²) in [5.41, 5.74) is 0.465. The number of fused-ring (bicyclic) bond motifs is 1. The average Bonchev–Trinajstić information content (AvgIpc) is 3.07. The molecule has 0 saturated heterocycles. The Balaban J connectivity index is 2.18. The summed E-state index contributed by atoms with van der Waals surface area (Å²) in [5.74, 6) is -1.68. The van der Waals surface area contributed by atoms with Gasteiger partial charge in [0.2, 0.25) is 0 Å². The maximum Gasteiger partial charge on any atom is 0.324 e. The Labute approximate surface area is 180 Å². The molecule has 0 aliphatic rings. The second-order valence-corrected chi connectivity index (χ2v) is 9.57. The topological polar surface area (TPSA) is 104 Å². The van der Waals surface area contributed by atoms with E-state index in [9.17, 15) is 23.1 Å². The van der Waals surface area contributed by atoms with Crippen LogP contribution in [0.25, 0.3) is 10.1 Å². The molecule has 11 heteroatoms. The van der Waals surface area contributed by atoms with Gasteiger partial charge in [0.1, 0.15) is 6.54 Å². The summed E-state index contributed by atoms with van der Waals surface area (Å²) in [6, 6.07) is 8.35. The molecule has 1 heterocycles. The molecule has 7 nitrogen and oxygen atoms in total. The number of carboxylic acid groups (broad SMARTS) is 1. The van der Waals surface area contributed by atoms with Crippen molar-refractivity contribution in [2.45, 2.75) is 4.90 Å². The number of carbonyl (C=O) groups excluding carboxylic acids is 1. The van der Waals surface area contributed by atoms with Crippen molar-refractivity contribution in [1.82, 2.24) is 5.32 Å². The number of rotatable bonds is 6. The highest BCUT2D eigenvalue weighted by Gasteiger charge is 2.28. The molecule has 2 N–H and O–H groups in total. The molecule has 152 valence electrons. The third-order valence-electron chi connectivity index (χ3n) is 4.02. The van der Waals surface area contributed by atoms with Gasteiger partial charge in [0, 0.05) is 32.6 Å². The van der Waals surface area contributed by atoms with Gasteiger partial charge in [0.25, 0.3) is 15.9 Å². The van der Waals surface area contributed by atoms with E-state index in [0.717, 1.165) is 9.01 Å². The van der Waals surface area contributed by atoms with E-state index in [1.807, 2.05) is 0 Å². The maximum atomic E-state index is 13.2. The lowest BCUT2D eigenvalue weighted by atomic mass is 10.1. The second-order valence-electron chi connectivity index (χ2n) is 5.92. The van der Waals surface area contributed by atoms with E-state index in [0.29, 0.717) is 10.9 Å². The van der Waals surface area contributed by atoms with Gasteiger partial charge in [-0.05, 0) is 36.4 Å². The van der Waals surface area contributed by atoms with Crippen molar-refractivity contribution in [2.75, 3.05) is 17.9 Å². The van der Waals surface area contributed by atoms with Crippen LogP contribution in [0, 0.1) is 0 Å². The van der Waals surface area contributed by atoms with Gasteiger partial charge in [-0.25, -0.2) is 8.42 Å². The Morgan fingerprint density at radius 3 is 2.38 bits per heavy atom. The molecule has 0 spiro atoms. The van der Waals surface area contributed by atoms with E-state index in [2.05, 4.69) is 5.32 Å². The maximum absolute atomic E-state index is 13.2. The van der Waals surface area contributed by atoms with Gasteiger partial charge in [-0.3, -0.25) is 13.9 Å². The molecule has 0 unspecified atom stereocenters. The Hall–Kier alpha value is -2.33. The summed E-state index contributed by atoms with van der Waals surface area (Å²) >= 11 is 13.2. The van der Waals surface area contributed by atoms with Crippen LogP contribution in [0.3, 0.4) is 0 Å². The van der Waals surface area contributed by atoms with Gasteiger partial charge >= 0.3 is 5.97 Å². The summed E-state index contributed by atoms with van der Waals surface area (Å²) in [6.45, 7) is -0.822. The predicted octanol–water partition coefficient (Wildman–Crippen LogP) is 3.85. The predicted molar refractivity (Wildman–Crippen MR) is 114 cm³/mol. The van der Waals surface area contributed by atoms with Crippen LogP contribution in [0.4, 0.5) is 5.69 Å². The van der Waals surface area contributed by atoms with E-state index in [4.69, 9.17) is 23.2 Å². The minimum Gasteiger partial charge on any atom is -0.480 e. The smallest absolute Gasteiger partial charge is 0.324 e. The molecule has 0 atom stereocenters. The molecule has 0 fully saturated rings. The average molecular weight is 473 g/mol. The van der Waals surface area contributed by atoms with E-state index in [-0.39, 0.29) is 26.5 Å². The fourth-order valence-corrected chi connectivity index (χ4v) is 5.78. The number of hydrogen-bond donors (Lipinski definition) is 2. The number of carboxylic acids is 1. The molecule has 2 aromatic carbocycles. The van der Waals surface area contributed by atoms with Gasteiger partial charge in [-0.1, -0.05) is 23.2 Å². The van der Waals surface area contributed by atoms with Crippen LogP contribution in [0.5, 0.6) is 0 Å². The zero-order valence-electron chi connectivity index (χ0n) is 14.8. The zero-order chi connectivity index (χ0) is 21.3. The molecule has 0 bridgehead atoms. The number of amides is 1. The molecule has 3 aromatic rings. The van der Waals surface area contributed by atoms with E-state index >= 15 is 0 Å². The highest BCUT2D eigenvalue weighted by molar-refractivity contribution is 7.92. The van der Waals surface area contributed by atoms with Gasteiger partial charge in [-0.15, -0.1) is 11.3 Å². The number of anilines is 1. The fraction of sp³-hybridized carbons (Fsp3) is 0.111. The summed E-state index contributed by atoms with van der Waals surface area (Å²) in [4.78, 5) is 23.2. The first-order chi connectivity index (χ1) is 13.6. The first-order valence-corrected chi connectivity index (χ1v) is 11.1. The fourth-order valence-electron chi connectivity index (χ4n) is 2.73. The third-order valence-corrected chi connectivity index (χ3v) is 7.17. The number of thiophene rings is 1. The zero-order valence-corrected chi connectivity index (χ0v) is 18.0. The number of carbonyl (C=O) groups is 2. The lowest BCUT2D eigenvalue weighted by Gasteiger charge is -2.23. The van der Waals surface area contributed by atoms with Gasteiger partial charge in [0.05, 0.1) is 16.1 Å². The Bertz CT molecular complexity index is 1200. The Morgan fingerprint density at radius 1 is 1.14 bits per heavy atom. The largest absolute Gasteiger partial charge is 0.480 e. The normalized spacial score (nSPS) is 11.4. The number of nitrogens with zero attached hydrogens (tertiary/aromatic N) is 1. The lowest BCUT2D eigenvalue weighted by Crippen LogP contribution is -2.35. The Morgan fingerprint density at radius 2 is 1.79 bits per heavy atom. The van der Waals surface area contributed by atoms with Crippen LogP contribution in [-0.4, -0.2) is 39.0 Å². The summed E-state index contributed by atoms with van der Waals surface area (Å²) in [5, 5.41) is 14.2. The molecular weight excluding hydrogens is 459 g/mol. The third kappa shape index (κ3) is 4.32. The molecule has 1 aromatic heterocycles. The molecule has 29 heavy (non-hydrogen) atoms.